The van der Waals surface area contributed by atoms with Crippen molar-refractivity contribution in [2.75, 3.05) is 0 Å². The largest absolute Gasteiger partial charge is 0.416 e. The summed E-state index contributed by atoms with van der Waals surface area (Å²) in [5.41, 5.74) is 1.40. The van der Waals surface area contributed by atoms with Crippen molar-refractivity contribution < 1.29 is 13.2 Å². The van der Waals surface area contributed by atoms with E-state index in [0.29, 0.717) is 16.5 Å². The molecule has 0 radical (unpaired) electrons. The Bertz CT molecular complexity index is 655. The molecule has 1 aliphatic rings. The highest BCUT2D eigenvalue weighted by molar-refractivity contribution is 8.00. The Hall–Kier alpha value is -1.56. The fraction of sp³-hybridized carbons (Fsp3) is 0.286. The Balaban J connectivity index is 2.09. The summed E-state index contributed by atoms with van der Waals surface area (Å²) in [6, 6.07) is 5.29. The summed E-state index contributed by atoms with van der Waals surface area (Å²) < 4.78 is 38.3. The van der Waals surface area contributed by atoms with E-state index in [1.165, 1.54) is 12.4 Å². The summed E-state index contributed by atoms with van der Waals surface area (Å²) in [7, 11) is 0. The first-order valence-corrected chi connectivity index (χ1v) is 7.01. The molecule has 20 heavy (non-hydrogen) atoms. The van der Waals surface area contributed by atoms with Crippen LogP contribution in [0.4, 0.5) is 13.2 Å². The third kappa shape index (κ3) is 2.40. The normalized spacial score (nSPS) is 18.1. The summed E-state index contributed by atoms with van der Waals surface area (Å²) in [5.74, 6) is 0. The molecule has 1 aliphatic heterocycles. The van der Waals surface area contributed by atoms with Crippen molar-refractivity contribution in [3.8, 4) is 11.3 Å². The van der Waals surface area contributed by atoms with Crippen molar-refractivity contribution in [2.45, 2.75) is 29.8 Å². The minimum absolute atomic E-state index is 0.381. The maximum Gasteiger partial charge on any atom is 0.416 e. The lowest BCUT2D eigenvalue weighted by molar-refractivity contribution is -0.137. The molecule has 1 aromatic carbocycles. The molecule has 0 aliphatic carbocycles. The van der Waals surface area contributed by atoms with E-state index in [-0.39, 0.29) is 0 Å². The number of aromatic nitrogens is 2. The molecule has 0 saturated carbocycles. The molecule has 1 unspecified atom stereocenters. The molecule has 2 heterocycles. The van der Waals surface area contributed by atoms with Crippen LogP contribution in [-0.4, -0.2) is 15.2 Å². The van der Waals surface area contributed by atoms with Crippen molar-refractivity contribution >= 4 is 11.8 Å². The lowest BCUT2D eigenvalue weighted by atomic mass is 10.0. The van der Waals surface area contributed by atoms with Crippen molar-refractivity contribution in [1.82, 2.24) is 9.97 Å². The van der Waals surface area contributed by atoms with Crippen molar-refractivity contribution in [1.29, 1.82) is 0 Å². The standard InChI is InChI=1S/C14H11F3N2S/c1-8-5-11-12(18-7-19-13(11)20-8)9-3-2-4-10(6-9)14(15,16)17/h2-4,6-8H,5H2,1H3. The van der Waals surface area contributed by atoms with Gasteiger partial charge >= 0.3 is 6.18 Å². The molecule has 6 heteroatoms. The van der Waals surface area contributed by atoms with E-state index in [1.54, 1.807) is 17.8 Å². The number of alkyl halides is 3. The average molecular weight is 296 g/mol. The second kappa shape index (κ2) is 4.77. The van der Waals surface area contributed by atoms with Gasteiger partial charge in [0.1, 0.15) is 11.4 Å². The van der Waals surface area contributed by atoms with Gasteiger partial charge in [0.15, 0.2) is 0 Å². The molecule has 0 spiro atoms. The minimum Gasteiger partial charge on any atom is -0.236 e. The zero-order valence-electron chi connectivity index (χ0n) is 10.6. The van der Waals surface area contributed by atoms with Crippen LogP contribution in [0.15, 0.2) is 35.6 Å². The SMILES string of the molecule is CC1Cc2c(ncnc2-c2cccc(C(F)(F)F)c2)S1. The number of hydrogen-bond donors (Lipinski definition) is 0. The van der Waals surface area contributed by atoms with E-state index < -0.39 is 11.7 Å². The number of halogens is 3. The van der Waals surface area contributed by atoms with Gasteiger partial charge in [0.05, 0.1) is 11.3 Å². The summed E-state index contributed by atoms with van der Waals surface area (Å²) in [6.45, 7) is 2.07. The van der Waals surface area contributed by atoms with Crippen LogP contribution < -0.4 is 0 Å². The second-order valence-electron chi connectivity index (χ2n) is 4.72. The third-order valence-corrected chi connectivity index (χ3v) is 4.32. The molecule has 0 fully saturated rings. The van der Waals surface area contributed by atoms with E-state index in [0.717, 1.165) is 29.1 Å². The van der Waals surface area contributed by atoms with Gasteiger partial charge in [-0.05, 0) is 18.6 Å². The van der Waals surface area contributed by atoms with E-state index in [1.807, 2.05) is 0 Å². The second-order valence-corrected chi connectivity index (χ2v) is 6.14. The first kappa shape index (κ1) is 13.4. The Morgan fingerprint density at radius 1 is 1.25 bits per heavy atom. The number of rotatable bonds is 1. The van der Waals surface area contributed by atoms with Gasteiger partial charge in [0.2, 0.25) is 0 Å². The third-order valence-electron chi connectivity index (χ3n) is 3.17. The Kier molecular flexibility index (Phi) is 3.20. The van der Waals surface area contributed by atoms with Gasteiger partial charge in [-0.2, -0.15) is 13.2 Å². The minimum atomic E-state index is -4.34. The van der Waals surface area contributed by atoms with E-state index in [9.17, 15) is 13.2 Å². The number of fused-ring (bicyclic) bond motifs is 1. The highest BCUT2D eigenvalue weighted by atomic mass is 32.2. The maximum absolute atomic E-state index is 12.8. The lowest BCUT2D eigenvalue weighted by Crippen LogP contribution is -2.05. The molecule has 0 N–H and O–H groups in total. The molecule has 2 nitrogen and oxygen atoms in total. The van der Waals surface area contributed by atoms with E-state index >= 15 is 0 Å². The van der Waals surface area contributed by atoms with Crippen LogP contribution in [0.2, 0.25) is 0 Å². The molecule has 104 valence electrons. The topological polar surface area (TPSA) is 25.8 Å². The predicted molar refractivity (Wildman–Crippen MR) is 71.5 cm³/mol. The van der Waals surface area contributed by atoms with Gasteiger partial charge in [-0.25, -0.2) is 9.97 Å². The molecule has 0 amide bonds. The first-order chi connectivity index (χ1) is 9.45. The lowest BCUT2D eigenvalue weighted by Gasteiger charge is -2.10. The molecule has 1 aromatic heterocycles. The molecule has 3 rings (SSSR count). The van der Waals surface area contributed by atoms with Crippen LogP contribution in [0.3, 0.4) is 0 Å². The first-order valence-electron chi connectivity index (χ1n) is 6.13. The van der Waals surface area contributed by atoms with Crippen molar-refractivity contribution in [3.05, 3.63) is 41.7 Å². The molecule has 0 bridgehead atoms. The van der Waals surface area contributed by atoms with Crippen LogP contribution in [0.5, 0.6) is 0 Å². The Morgan fingerprint density at radius 2 is 2.05 bits per heavy atom. The van der Waals surface area contributed by atoms with E-state index in [4.69, 9.17) is 0 Å². The van der Waals surface area contributed by atoms with Crippen LogP contribution in [-0.2, 0) is 12.6 Å². The van der Waals surface area contributed by atoms with Gasteiger partial charge in [-0.3, -0.25) is 0 Å². The zero-order valence-corrected chi connectivity index (χ0v) is 11.4. The van der Waals surface area contributed by atoms with Crippen LogP contribution in [0, 0.1) is 0 Å². The van der Waals surface area contributed by atoms with Crippen molar-refractivity contribution in [3.63, 3.8) is 0 Å². The Labute approximate surface area is 118 Å². The van der Waals surface area contributed by atoms with Gasteiger partial charge in [-0.1, -0.05) is 19.1 Å². The van der Waals surface area contributed by atoms with Crippen LogP contribution in [0.1, 0.15) is 18.1 Å². The predicted octanol–water partition coefficient (Wildman–Crippen LogP) is 4.20. The van der Waals surface area contributed by atoms with Gasteiger partial charge in [0, 0.05) is 16.4 Å². The fourth-order valence-corrected chi connectivity index (χ4v) is 3.35. The summed E-state index contributed by atoms with van der Waals surface area (Å²) in [5, 5.41) is 1.26. The van der Waals surface area contributed by atoms with Gasteiger partial charge in [-0.15, -0.1) is 11.8 Å². The van der Waals surface area contributed by atoms with E-state index in [2.05, 4.69) is 16.9 Å². The maximum atomic E-state index is 12.8. The highest BCUT2D eigenvalue weighted by Gasteiger charge is 2.31. The zero-order chi connectivity index (χ0) is 14.3. The van der Waals surface area contributed by atoms with Gasteiger partial charge in [0.25, 0.3) is 0 Å². The number of nitrogens with zero attached hydrogens (tertiary/aromatic N) is 2. The quantitative estimate of drug-likeness (QED) is 0.738. The number of thioether (sulfide) groups is 1. The number of benzene rings is 1. The summed E-state index contributed by atoms with van der Waals surface area (Å²) in [4.78, 5) is 8.38. The van der Waals surface area contributed by atoms with Crippen LogP contribution in [0.25, 0.3) is 11.3 Å². The molecular formula is C14H11F3N2S. The van der Waals surface area contributed by atoms with Crippen LogP contribution >= 0.6 is 11.8 Å². The fourth-order valence-electron chi connectivity index (χ4n) is 2.29. The Morgan fingerprint density at radius 3 is 2.80 bits per heavy atom. The molecular weight excluding hydrogens is 285 g/mol. The highest BCUT2D eigenvalue weighted by Crippen LogP contribution is 2.40. The molecule has 2 aromatic rings. The molecule has 0 saturated heterocycles. The smallest absolute Gasteiger partial charge is 0.236 e. The van der Waals surface area contributed by atoms with Crippen molar-refractivity contribution in [2.24, 2.45) is 0 Å². The van der Waals surface area contributed by atoms with Gasteiger partial charge < -0.3 is 0 Å². The summed E-state index contributed by atoms with van der Waals surface area (Å²) in [6.07, 6.45) is -2.14. The monoisotopic (exact) mass is 296 g/mol. The average Bonchev–Trinajstić information content (AvgIpc) is 2.77. The number of hydrogen-bond acceptors (Lipinski definition) is 3. The summed E-state index contributed by atoms with van der Waals surface area (Å²) >= 11 is 1.64. The molecule has 1 atom stereocenters.